The second-order valence-corrected chi connectivity index (χ2v) is 4.32. The van der Waals surface area contributed by atoms with Gasteiger partial charge in [0.1, 0.15) is 12.2 Å². The second-order valence-electron chi connectivity index (χ2n) is 4.32. The molecule has 3 rings (SSSR count). The van der Waals surface area contributed by atoms with E-state index in [2.05, 4.69) is 25.2 Å². The molecule has 90 valence electrons. The summed E-state index contributed by atoms with van der Waals surface area (Å²) in [6.07, 6.45) is 1.63. The lowest BCUT2D eigenvalue weighted by atomic mass is 10.3. The van der Waals surface area contributed by atoms with Gasteiger partial charge in [-0.15, -0.1) is 0 Å². The molecular formula is C11H16N6. The number of rotatable bonds is 1. The molecule has 6 nitrogen and oxygen atoms in total. The van der Waals surface area contributed by atoms with E-state index >= 15 is 0 Å². The minimum Gasteiger partial charge on any atom is -0.352 e. The Morgan fingerprint density at radius 1 is 1.24 bits per heavy atom. The van der Waals surface area contributed by atoms with Crippen LogP contribution in [-0.2, 0) is 7.05 Å². The van der Waals surface area contributed by atoms with Crippen molar-refractivity contribution in [2.45, 2.75) is 6.92 Å². The number of piperazine rings is 1. The Balaban J connectivity index is 2.12. The molecule has 17 heavy (non-hydrogen) atoms. The molecule has 1 aliphatic heterocycles. The molecule has 1 fully saturated rings. The van der Waals surface area contributed by atoms with E-state index in [0.29, 0.717) is 0 Å². The van der Waals surface area contributed by atoms with Crippen LogP contribution in [0.3, 0.4) is 0 Å². The van der Waals surface area contributed by atoms with Crippen LogP contribution in [0, 0.1) is 6.92 Å². The molecule has 0 bridgehead atoms. The third-order valence-corrected chi connectivity index (χ3v) is 3.28. The van der Waals surface area contributed by atoms with Crippen molar-refractivity contribution in [1.29, 1.82) is 0 Å². The molecule has 2 aromatic rings. The van der Waals surface area contributed by atoms with Crippen LogP contribution >= 0.6 is 0 Å². The van der Waals surface area contributed by atoms with Crippen LogP contribution in [0.15, 0.2) is 6.33 Å². The lowest BCUT2D eigenvalue weighted by molar-refractivity contribution is 0.586. The fourth-order valence-electron chi connectivity index (χ4n) is 2.20. The van der Waals surface area contributed by atoms with Gasteiger partial charge < -0.3 is 14.8 Å². The largest absolute Gasteiger partial charge is 0.352 e. The smallest absolute Gasteiger partial charge is 0.165 e. The summed E-state index contributed by atoms with van der Waals surface area (Å²) in [4.78, 5) is 15.5. The van der Waals surface area contributed by atoms with Gasteiger partial charge in [0.2, 0.25) is 0 Å². The van der Waals surface area contributed by atoms with Gasteiger partial charge in [-0.25, -0.2) is 15.0 Å². The number of imidazole rings is 1. The maximum Gasteiger partial charge on any atom is 0.165 e. The molecule has 1 N–H and O–H groups in total. The van der Waals surface area contributed by atoms with Crippen molar-refractivity contribution in [3.8, 4) is 0 Å². The molecule has 0 aromatic carbocycles. The van der Waals surface area contributed by atoms with Gasteiger partial charge in [-0.05, 0) is 6.92 Å². The lowest BCUT2D eigenvalue weighted by Gasteiger charge is -2.28. The van der Waals surface area contributed by atoms with Gasteiger partial charge in [0.15, 0.2) is 17.0 Å². The van der Waals surface area contributed by atoms with Crippen molar-refractivity contribution < 1.29 is 0 Å². The molecule has 6 heteroatoms. The maximum absolute atomic E-state index is 4.56. The van der Waals surface area contributed by atoms with Crippen LogP contribution in [0.2, 0.25) is 0 Å². The molecule has 0 saturated carbocycles. The molecular weight excluding hydrogens is 216 g/mol. The Bertz CT molecular complexity index is 540. The number of fused-ring (bicyclic) bond motifs is 1. The monoisotopic (exact) mass is 232 g/mol. The highest BCUT2D eigenvalue weighted by Crippen LogP contribution is 2.22. The topological polar surface area (TPSA) is 58.9 Å². The van der Waals surface area contributed by atoms with Gasteiger partial charge in [-0.1, -0.05) is 0 Å². The predicted molar refractivity (Wildman–Crippen MR) is 66.1 cm³/mol. The van der Waals surface area contributed by atoms with Crippen LogP contribution in [0.4, 0.5) is 5.82 Å². The van der Waals surface area contributed by atoms with Gasteiger partial charge >= 0.3 is 0 Å². The molecule has 0 radical (unpaired) electrons. The molecule has 1 aliphatic rings. The molecule has 3 heterocycles. The average molecular weight is 232 g/mol. The number of hydrogen-bond acceptors (Lipinski definition) is 5. The van der Waals surface area contributed by atoms with Crippen molar-refractivity contribution in [3.05, 3.63) is 12.2 Å². The summed E-state index contributed by atoms with van der Waals surface area (Å²) in [5, 5.41) is 3.34. The SMILES string of the molecule is Cc1nc2c(N3CCNCC3)ncnc2n1C. The summed E-state index contributed by atoms with van der Waals surface area (Å²) in [6.45, 7) is 5.93. The highest BCUT2D eigenvalue weighted by molar-refractivity contribution is 5.83. The number of hydrogen-bond donors (Lipinski definition) is 1. The van der Waals surface area contributed by atoms with Crippen molar-refractivity contribution in [3.63, 3.8) is 0 Å². The second kappa shape index (κ2) is 3.96. The van der Waals surface area contributed by atoms with Gasteiger partial charge in [0.05, 0.1) is 0 Å². The van der Waals surface area contributed by atoms with Crippen molar-refractivity contribution in [2.24, 2.45) is 7.05 Å². The van der Waals surface area contributed by atoms with Crippen molar-refractivity contribution >= 4 is 17.0 Å². The fraction of sp³-hybridized carbons (Fsp3) is 0.545. The summed E-state index contributed by atoms with van der Waals surface area (Å²) >= 11 is 0. The predicted octanol–water partition coefficient (Wildman–Crippen LogP) is 0.0813. The van der Waals surface area contributed by atoms with E-state index in [-0.39, 0.29) is 0 Å². The quantitative estimate of drug-likeness (QED) is 0.754. The Hall–Kier alpha value is -1.69. The first-order valence-corrected chi connectivity index (χ1v) is 5.87. The third kappa shape index (κ3) is 1.64. The molecule has 2 aromatic heterocycles. The number of nitrogens with one attached hydrogen (secondary N) is 1. The van der Waals surface area contributed by atoms with E-state index in [1.165, 1.54) is 0 Å². The summed E-state index contributed by atoms with van der Waals surface area (Å²) in [5.41, 5.74) is 1.82. The third-order valence-electron chi connectivity index (χ3n) is 3.28. The highest BCUT2D eigenvalue weighted by atomic mass is 15.3. The van der Waals surface area contributed by atoms with Crippen LogP contribution in [0.25, 0.3) is 11.2 Å². The number of nitrogens with zero attached hydrogens (tertiary/aromatic N) is 5. The molecule has 0 unspecified atom stereocenters. The highest BCUT2D eigenvalue weighted by Gasteiger charge is 2.18. The molecule has 0 amide bonds. The van der Waals surface area contributed by atoms with Crippen molar-refractivity contribution in [1.82, 2.24) is 24.8 Å². The lowest BCUT2D eigenvalue weighted by Crippen LogP contribution is -2.44. The normalized spacial score (nSPS) is 16.7. The van der Waals surface area contributed by atoms with Crippen LogP contribution in [0.5, 0.6) is 0 Å². The first-order valence-electron chi connectivity index (χ1n) is 5.87. The molecule has 1 saturated heterocycles. The van der Waals surface area contributed by atoms with Crippen LogP contribution < -0.4 is 10.2 Å². The molecule has 0 spiro atoms. The molecule has 0 aliphatic carbocycles. The fourth-order valence-corrected chi connectivity index (χ4v) is 2.20. The van der Waals surface area contributed by atoms with Crippen molar-refractivity contribution in [2.75, 3.05) is 31.1 Å². The zero-order valence-electron chi connectivity index (χ0n) is 10.1. The Labute approximate surface area is 99.7 Å². The zero-order valence-corrected chi connectivity index (χ0v) is 10.1. The van der Waals surface area contributed by atoms with E-state index in [9.17, 15) is 0 Å². The average Bonchev–Trinajstić information content (AvgIpc) is 2.67. The van der Waals surface area contributed by atoms with E-state index in [1.807, 2.05) is 18.5 Å². The zero-order chi connectivity index (χ0) is 11.8. The van der Waals surface area contributed by atoms with Crippen LogP contribution in [-0.4, -0.2) is 45.7 Å². The van der Waals surface area contributed by atoms with Gasteiger partial charge in [-0.2, -0.15) is 0 Å². The van der Waals surface area contributed by atoms with E-state index in [0.717, 1.165) is 49.0 Å². The summed E-state index contributed by atoms with van der Waals surface area (Å²) in [5.74, 6) is 1.93. The number of anilines is 1. The van der Waals surface area contributed by atoms with E-state index in [4.69, 9.17) is 0 Å². The first-order chi connectivity index (χ1) is 8.27. The first kappa shape index (κ1) is 10.5. The number of aromatic nitrogens is 4. The summed E-state index contributed by atoms with van der Waals surface area (Å²) < 4.78 is 2.00. The summed E-state index contributed by atoms with van der Waals surface area (Å²) in [7, 11) is 1.99. The Kier molecular flexibility index (Phi) is 2.44. The van der Waals surface area contributed by atoms with Crippen LogP contribution in [0.1, 0.15) is 5.82 Å². The van der Waals surface area contributed by atoms with E-state index in [1.54, 1.807) is 6.33 Å². The van der Waals surface area contributed by atoms with E-state index < -0.39 is 0 Å². The Morgan fingerprint density at radius 2 is 2.00 bits per heavy atom. The molecule has 0 atom stereocenters. The van der Waals surface area contributed by atoms with Gasteiger partial charge in [0, 0.05) is 33.2 Å². The number of aryl methyl sites for hydroxylation is 2. The Morgan fingerprint density at radius 3 is 2.76 bits per heavy atom. The minimum atomic E-state index is 0.908. The standard InChI is InChI=1S/C11H16N6/c1-8-15-9-10(16(8)2)13-7-14-11(9)17-5-3-12-4-6-17/h7,12H,3-6H2,1-2H3. The van der Waals surface area contributed by atoms with Gasteiger partial charge in [-0.3, -0.25) is 0 Å². The van der Waals surface area contributed by atoms with Gasteiger partial charge in [0.25, 0.3) is 0 Å². The maximum atomic E-state index is 4.56. The minimum absolute atomic E-state index is 0.908. The summed E-state index contributed by atoms with van der Waals surface area (Å²) in [6, 6.07) is 0.